The number of ether oxygens (including phenoxy) is 2. The number of aryl methyl sites for hydroxylation is 3. The molecule has 30 heavy (non-hydrogen) atoms. The number of esters is 1. The predicted octanol–water partition coefficient (Wildman–Crippen LogP) is 5.25. The number of nitrogens with one attached hydrogen (secondary N) is 1. The van der Waals surface area contributed by atoms with Gasteiger partial charge in [0.25, 0.3) is 0 Å². The molecule has 156 valence electrons. The molecule has 0 aliphatic heterocycles. The fraction of sp³-hybridized carbons (Fsp3) is 0.292. The molecule has 6 heteroatoms. The van der Waals surface area contributed by atoms with Crippen molar-refractivity contribution in [2.45, 2.75) is 40.5 Å². The molecule has 0 bridgehead atoms. The van der Waals surface area contributed by atoms with Gasteiger partial charge in [0, 0.05) is 17.1 Å². The Morgan fingerprint density at radius 3 is 2.27 bits per heavy atom. The van der Waals surface area contributed by atoms with E-state index in [0.717, 1.165) is 34.0 Å². The van der Waals surface area contributed by atoms with Crippen LogP contribution in [0.1, 0.15) is 42.3 Å². The molecule has 3 aromatic rings. The third kappa shape index (κ3) is 5.80. The second-order valence-electron chi connectivity index (χ2n) is 7.58. The van der Waals surface area contributed by atoms with E-state index in [4.69, 9.17) is 9.47 Å². The molecule has 0 atom stereocenters. The molecular formula is C24H27N3O3. The molecule has 0 aliphatic rings. The summed E-state index contributed by atoms with van der Waals surface area (Å²) in [6, 6.07) is 15.0. The van der Waals surface area contributed by atoms with E-state index in [1.54, 1.807) is 12.1 Å². The smallest absolute Gasteiger partial charge is 0.349 e. The molecule has 0 fully saturated rings. The van der Waals surface area contributed by atoms with Crippen molar-refractivity contribution in [2.24, 2.45) is 0 Å². The Bertz CT molecular complexity index is 1010. The molecule has 0 unspecified atom stereocenters. The minimum absolute atomic E-state index is 0.153. The fourth-order valence-corrected chi connectivity index (χ4v) is 3.06. The Morgan fingerprint density at radius 2 is 1.63 bits per heavy atom. The van der Waals surface area contributed by atoms with Crippen LogP contribution in [-0.4, -0.2) is 22.5 Å². The number of benzene rings is 2. The van der Waals surface area contributed by atoms with E-state index in [0.29, 0.717) is 17.6 Å². The van der Waals surface area contributed by atoms with Crippen LogP contribution in [0.3, 0.4) is 0 Å². The van der Waals surface area contributed by atoms with E-state index >= 15 is 0 Å². The summed E-state index contributed by atoms with van der Waals surface area (Å²) in [5.41, 5.74) is 4.74. The summed E-state index contributed by atoms with van der Waals surface area (Å²) >= 11 is 0. The summed E-state index contributed by atoms with van der Waals surface area (Å²) in [5, 5.41) is 3.15. The lowest BCUT2D eigenvalue weighted by molar-refractivity contribution is -0.136. The Kier molecular flexibility index (Phi) is 6.67. The van der Waals surface area contributed by atoms with Crippen molar-refractivity contribution in [2.75, 3.05) is 11.9 Å². The first-order chi connectivity index (χ1) is 14.3. The number of anilines is 2. The zero-order chi connectivity index (χ0) is 21.7. The highest BCUT2D eigenvalue weighted by molar-refractivity contribution is 5.74. The van der Waals surface area contributed by atoms with E-state index in [2.05, 4.69) is 29.1 Å². The molecule has 0 radical (unpaired) electrons. The van der Waals surface area contributed by atoms with Crippen molar-refractivity contribution >= 4 is 17.6 Å². The number of carbonyl (C=O) groups excluding carboxylic acids is 1. The second-order valence-corrected chi connectivity index (χ2v) is 7.58. The van der Waals surface area contributed by atoms with Crippen molar-refractivity contribution in [3.63, 3.8) is 0 Å². The maximum Gasteiger partial charge on any atom is 0.349 e. The lowest BCUT2D eigenvalue weighted by atomic mass is 10.0. The van der Waals surface area contributed by atoms with E-state index in [1.165, 1.54) is 0 Å². The van der Waals surface area contributed by atoms with Crippen LogP contribution in [0.15, 0.2) is 48.5 Å². The summed E-state index contributed by atoms with van der Waals surface area (Å²) in [4.78, 5) is 20.9. The number of nitrogens with zero attached hydrogens (tertiary/aromatic N) is 2. The summed E-state index contributed by atoms with van der Waals surface area (Å²) < 4.78 is 11.1. The van der Waals surface area contributed by atoms with Crippen LogP contribution in [0.5, 0.6) is 11.5 Å². The van der Waals surface area contributed by atoms with Crippen molar-refractivity contribution in [3.8, 4) is 11.5 Å². The van der Waals surface area contributed by atoms with Crippen molar-refractivity contribution in [3.05, 3.63) is 71.0 Å². The van der Waals surface area contributed by atoms with Gasteiger partial charge in [0.1, 0.15) is 11.5 Å². The van der Waals surface area contributed by atoms with Crippen molar-refractivity contribution in [1.29, 1.82) is 0 Å². The third-order valence-electron chi connectivity index (χ3n) is 4.46. The Labute approximate surface area is 177 Å². The number of hydrogen-bond donors (Lipinski definition) is 1. The summed E-state index contributed by atoms with van der Waals surface area (Å²) in [7, 11) is 0. The van der Waals surface area contributed by atoms with Gasteiger partial charge >= 0.3 is 5.97 Å². The van der Waals surface area contributed by atoms with Crippen LogP contribution in [0.2, 0.25) is 0 Å². The molecule has 0 saturated carbocycles. The number of rotatable bonds is 7. The van der Waals surface area contributed by atoms with Crippen molar-refractivity contribution in [1.82, 2.24) is 9.97 Å². The molecule has 0 saturated heterocycles. The van der Waals surface area contributed by atoms with Gasteiger partial charge in [-0.15, -0.1) is 0 Å². The third-order valence-corrected chi connectivity index (χ3v) is 4.46. The Balaban J connectivity index is 1.58. The average Bonchev–Trinajstić information content (AvgIpc) is 2.67. The second kappa shape index (κ2) is 9.39. The van der Waals surface area contributed by atoms with Crippen LogP contribution in [-0.2, 0) is 4.79 Å². The van der Waals surface area contributed by atoms with E-state index in [-0.39, 0.29) is 6.61 Å². The zero-order valence-electron chi connectivity index (χ0n) is 18.0. The number of aromatic nitrogens is 2. The van der Waals surface area contributed by atoms with Crippen molar-refractivity contribution < 1.29 is 14.3 Å². The molecule has 1 heterocycles. The van der Waals surface area contributed by atoms with Crippen LogP contribution < -0.4 is 14.8 Å². The largest absolute Gasteiger partial charge is 0.482 e. The van der Waals surface area contributed by atoms with Gasteiger partial charge in [-0.1, -0.05) is 26.0 Å². The van der Waals surface area contributed by atoms with Gasteiger partial charge in [-0.05, 0) is 74.2 Å². The monoisotopic (exact) mass is 405 g/mol. The van der Waals surface area contributed by atoms with Crippen LogP contribution >= 0.6 is 0 Å². The van der Waals surface area contributed by atoms with Gasteiger partial charge in [-0.3, -0.25) is 0 Å². The molecule has 1 N–H and O–H groups in total. The SMILES string of the molecule is Cc1ccc(C(C)C)c(OCC(=O)Oc2ccc(Nc3nc(C)cc(C)n3)cc2)c1. The highest BCUT2D eigenvalue weighted by atomic mass is 16.6. The highest BCUT2D eigenvalue weighted by Crippen LogP contribution is 2.27. The minimum Gasteiger partial charge on any atom is -0.482 e. The molecule has 3 rings (SSSR count). The first-order valence-electron chi connectivity index (χ1n) is 9.93. The van der Waals surface area contributed by atoms with E-state index in [1.807, 2.05) is 57.2 Å². The van der Waals surface area contributed by atoms with Gasteiger partial charge in [-0.2, -0.15) is 0 Å². The lowest BCUT2D eigenvalue weighted by Crippen LogP contribution is -2.18. The Morgan fingerprint density at radius 1 is 0.967 bits per heavy atom. The molecule has 6 nitrogen and oxygen atoms in total. The standard InChI is InChI=1S/C24H27N3O3/c1-15(2)21-11-6-16(3)12-22(21)29-14-23(28)30-20-9-7-19(8-10-20)27-24-25-17(4)13-18(5)26-24/h6-13,15H,14H2,1-5H3,(H,25,26,27). The fourth-order valence-electron chi connectivity index (χ4n) is 3.06. The molecule has 1 aromatic heterocycles. The topological polar surface area (TPSA) is 73.3 Å². The normalized spacial score (nSPS) is 10.7. The zero-order valence-corrected chi connectivity index (χ0v) is 18.0. The molecule has 0 spiro atoms. The van der Waals surface area contributed by atoms with Gasteiger partial charge in [-0.25, -0.2) is 14.8 Å². The lowest BCUT2D eigenvalue weighted by Gasteiger charge is -2.14. The van der Waals surface area contributed by atoms with Gasteiger partial charge in [0.15, 0.2) is 6.61 Å². The molecule has 0 aliphatic carbocycles. The van der Waals surface area contributed by atoms with Gasteiger partial charge in [0.2, 0.25) is 5.95 Å². The molecule has 0 amide bonds. The summed E-state index contributed by atoms with van der Waals surface area (Å²) in [6.45, 7) is 9.87. The maximum absolute atomic E-state index is 12.2. The Hall–Kier alpha value is -3.41. The van der Waals surface area contributed by atoms with Crippen LogP contribution in [0.25, 0.3) is 0 Å². The first-order valence-corrected chi connectivity index (χ1v) is 9.93. The summed E-state index contributed by atoms with van der Waals surface area (Å²) in [6.07, 6.45) is 0. The average molecular weight is 405 g/mol. The highest BCUT2D eigenvalue weighted by Gasteiger charge is 2.12. The minimum atomic E-state index is -0.454. The van der Waals surface area contributed by atoms with Crippen LogP contribution in [0, 0.1) is 20.8 Å². The van der Waals surface area contributed by atoms with E-state index in [9.17, 15) is 4.79 Å². The molecule has 2 aromatic carbocycles. The van der Waals surface area contributed by atoms with E-state index < -0.39 is 5.97 Å². The number of carbonyl (C=O) groups is 1. The van der Waals surface area contributed by atoms with Gasteiger partial charge < -0.3 is 14.8 Å². The molecular weight excluding hydrogens is 378 g/mol. The summed E-state index contributed by atoms with van der Waals surface area (Å²) in [5.74, 6) is 1.55. The maximum atomic E-state index is 12.2. The van der Waals surface area contributed by atoms with Gasteiger partial charge in [0.05, 0.1) is 0 Å². The van der Waals surface area contributed by atoms with Crippen LogP contribution in [0.4, 0.5) is 11.6 Å². The first kappa shape index (κ1) is 21.3. The quantitative estimate of drug-likeness (QED) is 0.427. The number of hydrogen-bond acceptors (Lipinski definition) is 6. The predicted molar refractivity (Wildman–Crippen MR) is 118 cm³/mol.